The number of ether oxygens (including phenoxy) is 1. The first-order valence-corrected chi connectivity index (χ1v) is 10.4. The molecule has 1 heterocycles. The summed E-state index contributed by atoms with van der Waals surface area (Å²) >= 11 is 0. The molecule has 5 heteroatoms. The molecule has 29 heavy (non-hydrogen) atoms. The lowest BCUT2D eigenvalue weighted by molar-refractivity contribution is 0.0935. The maximum Gasteiger partial charge on any atom is 0.164 e. The van der Waals surface area contributed by atoms with Crippen LogP contribution in [0.25, 0.3) is 6.08 Å². The normalized spacial score (nSPS) is 15.6. The molecule has 0 aliphatic carbocycles. The number of hydrogen-bond donors (Lipinski definition) is 1. The molecule has 154 valence electrons. The topological polar surface area (TPSA) is 58.8 Å². The molecular weight excluding hydrogens is 362 g/mol. The van der Waals surface area contributed by atoms with Crippen molar-refractivity contribution in [2.75, 3.05) is 51.6 Å². The zero-order valence-electron chi connectivity index (χ0n) is 17.2. The molecule has 0 aromatic heterocycles. The van der Waals surface area contributed by atoms with E-state index in [4.69, 9.17) is 10.5 Å². The average molecular weight is 394 g/mol. The van der Waals surface area contributed by atoms with E-state index in [-0.39, 0.29) is 5.78 Å². The molecular formula is C24H31N3O2. The highest BCUT2D eigenvalue weighted by atomic mass is 16.5. The smallest absolute Gasteiger partial charge is 0.164 e. The van der Waals surface area contributed by atoms with Crippen molar-refractivity contribution in [2.45, 2.75) is 13.3 Å². The fourth-order valence-corrected chi connectivity index (χ4v) is 3.51. The molecule has 1 aliphatic rings. The minimum atomic E-state index is 0.132. The summed E-state index contributed by atoms with van der Waals surface area (Å²) in [6.45, 7) is 8.29. The van der Waals surface area contributed by atoms with E-state index in [1.807, 2.05) is 13.0 Å². The second kappa shape index (κ2) is 10.8. The molecule has 2 aromatic rings. The Hall–Kier alpha value is -2.63. The molecule has 2 aromatic carbocycles. The molecule has 0 amide bonds. The Morgan fingerprint density at radius 1 is 1.07 bits per heavy atom. The van der Waals surface area contributed by atoms with Crippen LogP contribution in [0.3, 0.4) is 0 Å². The first kappa shape index (κ1) is 21.1. The van der Waals surface area contributed by atoms with Crippen LogP contribution in [0, 0.1) is 0 Å². The summed E-state index contributed by atoms with van der Waals surface area (Å²) in [5.41, 5.74) is 8.40. The molecule has 1 saturated heterocycles. The van der Waals surface area contributed by atoms with Gasteiger partial charge in [-0.05, 0) is 30.7 Å². The summed E-state index contributed by atoms with van der Waals surface area (Å²) < 4.78 is 5.44. The summed E-state index contributed by atoms with van der Waals surface area (Å²) in [6.07, 6.45) is 4.92. The third kappa shape index (κ3) is 6.44. The van der Waals surface area contributed by atoms with Crippen molar-refractivity contribution in [3.63, 3.8) is 0 Å². The molecule has 0 atom stereocenters. The Balaban J connectivity index is 1.39. The minimum absolute atomic E-state index is 0.132. The highest BCUT2D eigenvalue weighted by Gasteiger charge is 2.17. The van der Waals surface area contributed by atoms with Gasteiger partial charge >= 0.3 is 0 Å². The number of ketones is 1. The number of anilines is 1. The summed E-state index contributed by atoms with van der Waals surface area (Å²) in [4.78, 5) is 17.3. The predicted molar refractivity (Wildman–Crippen MR) is 119 cm³/mol. The van der Waals surface area contributed by atoms with Gasteiger partial charge in [0.15, 0.2) is 5.78 Å². The lowest BCUT2D eigenvalue weighted by Gasteiger charge is -2.34. The Kier molecular flexibility index (Phi) is 7.85. The summed E-state index contributed by atoms with van der Waals surface area (Å²) in [5, 5.41) is 0. The molecule has 2 N–H and O–H groups in total. The quantitative estimate of drug-likeness (QED) is 0.521. The molecule has 5 nitrogen and oxygen atoms in total. The van der Waals surface area contributed by atoms with Crippen molar-refractivity contribution >= 4 is 17.5 Å². The zero-order valence-corrected chi connectivity index (χ0v) is 17.2. The fraction of sp³-hybridized carbons (Fsp3) is 0.375. The number of nitrogens with zero attached hydrogens (tertiary/aromatic N) is 2. The monoisotopic (exact) mass is 393 g/mol. The number of benzene rings is 2. The number of piperazine rings is 1. The van der Waals surface area contributed by atoms with Gasteiger partial charge in [0.1, 0.15) is 5.75 Å². The average Bonchev–Trinajstić information content (AvgIpc) is 2.75. The maximum absolute atomic E-state index is 12.5. The zero-order chi connectivity index (χ0) is 20.5. The van der Waals surface area contributed by atoms with E-state index in [1.54, 1.807) is 18.2 Å². The number of rotatable bonds is 9. The van der Waals surface area contributed by atoms with Gasteiger partial charge in [0, 0.05) is 51.3 Å². The Morgan fingerprint density at radius 3 is 2.48 bits per heavy atom. The molecule has 1 aliphatic heterocycles. The molecule has 0 bridgehead atoms. The van der Waals surface area contributed by atoms with Crippen LogP contribution in [0.2, 0.25) is 0 Å². The van der Waals surface area contributed by atoms with E-state index in [0.29, 0.717) is 30.0 Å². The fourth-order valence-electron chi connectivity index (χ4n) is 3.51. The van der Waals surface area contributed by atoms with Crippen molar-refractivity contribution < 1.29 is 9.53 Å². The molecule has 0 spiro atoms. The molecule has 0 radical (unpaired) electrons. The van der Waals surface area contributed by atoms with Gasteiger partial charge in [0.05, 0.1) is 12.3 Å². The Morgan fingerprint density at radius 2 is 1.79 bits per heavy atom. The summed E-state index contributed by atoms with van der Waals surface area (Å²) in [7, 11) is 0. The van der Waals surface area contributed by atoms with Gasteiger partial charge in [-0.3, -0.25) is 9.69 Å². The number of carbonyl (C=O) groups excluding carboxylic acids is 1. The van der Waals surface area contributed by atoms with E-state index >= 15 is 0 Å². The highest BCUT2D eigenvalue weighted by Crippen LogP contribution is 2.23. The first-order chi connectivity index (χ1) is 14.2. The Bertz CT molecular complexity index is 812. The lowest BCUT2D eigenvalue weighted by Crippen LogP contribution is -2.46. The van der Waals surface area contributed by atoms with Crippen LogP contribution in [0.5, 0.6) is 5.75 Å². The first-order valence-electron chi connectivity index (χ1n) is 10.4. The van der Waals surface area contributed by atoms with Gasteiger partial charge in [0.2, 0.25) is 0 Å². The summed E-state index contributed by atoms with van der Waals surface area (Å²) in [6, 6.07) is 15.7. The third-order valence-electron chi connectivity index (χ3n) is 5.23. The van der Waals surface area contributed by atoms with Gasteiger partial charge in [-0.1, -0.05) is 42.5 Å². The second-order valence-electron chi connectivity index (χ2n) is 7.31. The van der Waals surface area contributed by atoms with Gasteiger partial charge < -0.3 is 15.4 Å². The van der Waals surface area contributed by atoms with Crippen molar-refractivity contribution in [3.05, 3.63) is 65.7 Å². The van der Waals surface area contributed by atoms with E-state index in [0.717, 1.165) is 39.3 Å². The third-order valence-corrected chi connectivity index (χ3v) is 5.23. The largest absolute Gasteiger partial charge is 0.492 e. The maximum atomic E-state index is 12.5. The molecule has 0 unspecified atom stereocenters. The molecule has 0 saturated carbocycles. The van der Waals surface area contributed by atoms with Crippen LogP contribution < -0.4 is 10.5 Å². The van der Waals surface area contributed by atoms with Crippen molar-refractivity contribution in [2.24, 2.45) is 0 Å². The standard InChI is InChI=1S/C24H31N3O2/c1-2-29-24-11-10-21(19-22(24)25)23(28)12-14-27-17-15-26(16-18-27)13-6-9-20-7-4-3-5-8-20/h3-11,19H,2,12-18,25H2,1H3/b9-6+. The van der Waals surface area contributed by atoms with Gasteiger partial charge in [-0.2, -0.15) is 0 Å². The number of carbonyl (C=O) groups is 1. The summed E-state index contributed by atoms with van der Waals surface area (Å²) in [5.74, 6) is 0.773. The van der Waals surface area contributed by atoms with E-state index in [2.05, 4.69) is 46.2 Å². The van der Waals surface area contributed by atoms with Crippen LogP contribution in [0.4, 0.5) is 5.69 Å². The predicted octanol–water partition coefficient (Wildman–Crippen LogP) is 3.57. The van der Waals surface area contributed by atoms with Gasteiger partial charge in [-0.25, -0.2) is 0 Å². The highest BCUT2D eigenvalue weighted by molar-refractivity contribution is 5.97. The van der Waals surface area contributed by atoms with E-state index in [9.17, 15) is 4.79 Å². The second-order valence-corrected chi connectivity index (χ2v) is 7.31. The Labute approximate surface area is 173 Å². The van der Waals surface area contributed by atoms with Gasteiger partial charge in [0.25, 0.3) is 0 Å². The van der Waals surface area contributed by atoms with E-state index in [1.165, 1.54) is 5.56 Å². The molecule has 3 rings (SSSR count). The number of nitrogens with two attached hydrogens (primary N) is 1. The van der Waals surface area contributed by atoms with Crippen LogP contribution in [-0.4, -0.2) is 61.5 Å². The molecule has 1 fully saturated rings. The van der Waals surface area contributed by atoms with Crippen molar-refractivity contribution in [1.29, 1.82) is 0 Å². The van der Waals surface area contributed by atoms with Crippen LogP contribution in [0.1, 0.15) is 29.3 Å². The number of Topliss-reactive ketones (excluding diaryl/α,β-unsaturated/α-hetero) is 1. The van der Waals surface area contributed by atoms with Crippen LogP contribution >= 0.6 is 0 Å². The number of nitrogen functional groups attached to an aromatic ring is 1. The number of hydrogen-bond acceptors (Lipinski definition) is 5. The SMILES string of the molecule is CCOc1ccc(C(=O)CCN2CCN(C/C=C/c3ccccc3)CC2)cc1N. The van der Waals surface area contributed by atoms with Gasteiger partial charge in [-0.15, -0.1) is 0 Å². The minimum Gasteiger partial charge on any atom is -0.492 e. The van der Waals surface area contributed by atoms with Crippen LogP contribution in [0.15, 0.2) is 54.6 Å². The van der Waals surface area contributed by atoms with Crippen LogP contribution in [-0.2, 0) is 0 Å². The van der Waals surface area contributed by atoms with Crippen molar-refractivity contribution in [1.82, 2.24) is 9.80 Å². The van der Waals surface area contributed by atoms with E-state index < -0.39 is 0 Å². The van der Waals surface area contributed by atoms with Crippen molar-refractivity contribution in [3.8, 4) is 5.75 Å². The lowest BCUT2D eigenvalue weighted by atomic mass is 10.1.